The van der Waals surface area contributed by atoms with E-state index in [0.717, 1.165) is 37.4 Å². The Labute approximate surface area is 179 Å². The molecule has 0 saturated carbocycles. The summed E-state index contributed by atoms with van der Waals surface area (Å²) in [4.78, 5) is 17.3. The van der Waals surface area contributed by atoms with Crippen LogP contribution >= 0.6 is 11.6 Å². The SMILES string of the molecule is Cc1c(Cl)cccc1Nc1nc(N)nc(CN2CCN(c3ccccc3F)CC2)n1. The van der Waals surface area contributed by atoms with Crippen LogP contribution in [0.15, 0.2) is 42.5 Å². The lowest BCUT2D eigenvalue weighted by atomic mass is 10.2. The molecule has 0 radical (unpaired) electrons. The van der Waals surface area contributed by atoms with Gasteiger partial charge in [-0.3, -0.25) is 4.90 Å². The van der Waals surface area contributed by atoms with Crippen molar-refractivity contribution in [2.75, 3.05) is 42.1 Å². The van der Waals surface area contributed by atoms with Gasteiger partial charge in [-0.1, -0.05) is 29.8 Å². The lowest BCUT2D eigenvalue weighted by Crippen LogP contribution is -2.46. The van der Waals surface area contributed by atoms with E-state index in [1.54, 1.807) is 6.07 Å². The van der Waals surface area contributed by atoms with E-state index in [9.17, 15) is 4.39 Å². The topological polar surface area (TPSA) is 83.2 Å². The Hall–Kier alpha value is -2.97. The van der Waals surface area contributed by atoms with Gasteiger partial charge in [0, 0.05) is 36.9 Å². The number of hydrogen-bond donors (Lipinski definition) is 2. The fourth-order valence-electron chi connectivity index (χ4n) is 3.48. The fraction of sp³-hybridized carbons (Fsp3) is 0.286. The number of nitrogens with two attached hydrogens (primary N) is 1. The number of aromatic nitrogens is 3. The summed E-state index contributed by atoms with van der Waals surface area (Å²) in [5.41, 5.74) is 8.27. The van der Waals surface area contributed by atoms with E-state index in [0.29, 0.717) is 29.0 Å². The minimum absolute atomic E-state index is 0.159. The molecule has 9 heteroatoms. The monoisotopic (exact) mass is 427 g/mol. The van der Waals surface area contributed by atoms with E-state index in [-0.39, 0.29) is 11.8 Å². The van der Waals surface area contributed by atoms with Crippen molar-refractivity contribution in [2.24, 2.45) is 0 Å². The molecule has 1 fully saturated rings. The zero-order chi connectivity index (χ0) is 21.1. The van der Waals surface area contributed by atoms with Crippen molar-refractivity contribution in [1.82, 2.24) is 19.9 Å². The van der Waals surface area contributed by atoms with Gasteiger partial charge in [-0.15, -0.1) is 0 Å². The summed E-state index contributed by atoms with van der Waals surface area (Å²) in [7, 11) is 0. The Bertz CT molecular complexity index is 1040. The minimum atomic E-state index is -0.191. The Morgan fingerprint density at radius 2 is 1.80 bits per heavy atom. The van der Waals surface area contributed by atoms with Crippen molar-refractivity contribution in [1.29, 1.82) is 0 Å². The maximum atomic E-state index is 14.0. The average Bonchev–Trinajstić information content (AvgIpc) is 2.72. The maximum absolute atomic E-state index is 14.0. The summed E-state index contributed by atoms with van der Waals surface area (Å²) in [5.74, 6) is 0.937. The molecule has 7 nitrogen and oxygen atoms in total. The molecule has 0 spiro atoms. The molecule has 0 unspecified atom stereocenters. The van der Waals surface area contributed by atoms with Crippen molar-refractivity contribution in [3.05, 3.63) is 64.7 Å². The van der Waals surface area contributed by atoms with Crippen LogP contribution in [0.1, 0.15) is 11.4 Å². The average molecular weight is 428 g/mol. The number of nitrogens with one attached hydrogen (secondary N) is 1. The normalized spacial score (nSPS) is 14.7. The second-order valence-electron chi connectivity index (χ2n) is 7.19. The first-order valence-corrected chi connectivity index (χ1v) is 10.1. The highest BCUT2D eigenvalue weighted by molar-refractivity contribution is 6.31. The molecule has 1 aliphatic heterocycles. The number of rotatable bonds is 5. The van der Waals surface area contributed by atoms with Crippen LogP contribution < -0.4 is 16.0 Å². The van der Waals surface area contributed by atoms with Gasteiger partial charge in [-0.25, -0.2) is 4.39 Å². The highest BCUT2D eigenvalue weighted by Crippen LogP contribution is 2.25. The second-order valence-corrected chi connectivity index (χ2v) is 7.59. The highest BCUT2D eigenvalue weighted by Gasteiger charge is 2.20. The standard InChI is InChI=1S/C21H23ClFN7/c1-14-15(22)5-4-7-17(14)25-21-27-19(26-20(24)28-21)13-29-9-11-30(12-10-29)18-8-3-2-6-16(18)23/h2-8H,9-13H2,1H3,(H3,24,25,26,27,28). The van der Waals surface area contributed by atoms with E-state index in [2.05, 4.69) is 30.1 Å². The molecule has 2 heterocycles. The Morgan fingerprint density at radius 3 is 2.57 bits per heavy atom. The molecule has 30 heavy (non-hydrogen) atoms. The quantitative estimate of drug-likeness (QED) is 0.643. The van der Waals surface area contributed by atoms with E-state index < -0.39 is 0 Å². The van der Waals surface area contributed by atoms with Gasteiger partial charge >= 0.3 is 0 Å². The van der Waals surface area contributed by atoms with Gasteiger partial charge < -0.3 is 16.0 Å². The zero-order valence-corrected chi connectivity index (χ0v) is 17.4. The van der Waals surface area contributed by atoms with Crippen LogP contribution in [0, 0.1) is 12.7 Å². The zero-order valence-electron chi connectivity index (χ0n) is 16.6. The molecule has 2 aromatic carbocycles. The largest absolute Gasteiger partial charge is 0.368 e. The van der Waals surface area contributed by atoms with Crippen LogP contribution in [0.4, 0.5) is 27.7 Å². The number of benzene rings is 2. The van der Waals surface area contributed by atoms with Crippen LogP contribution in [-0.2, 0) is 6.54 Å². The third-order valence-electron chi connectivity index (χ3n) is 5.14. The van der Waals surface area contributed by atoms with Gasteiger partial charge in [0.05, 0.1) is 12.2 Å². The summed E-state index contributed by atoms with van der Waals surface area (Å²) in [6, 6.07) is 12.5. The lowest BCUT2D eigenvalue weighted by Gasteiger charge is -2.35. The Morgan fingerprint density at radius 1 is 1.03 bits per heavy atom. The molecule has 4 rings (SSSR count). The van der Waals surface area contributed by atoms with Crippen LogP contribution in [-0.4, -0.2) is 46.0 Å². The third-order valence-corrected chi connectivity index (χ3v) is 5.55. The molecule has 1 aromatic heterocycles. The van der Waals surface area contributed by atoms with E-state index in [1.807, 2.05) is 37.3 Å². The first kappa shape index (κ1) is 20.3. The Balaban J connectivity index is 1.42. The van der Waals surface area contributed by atoms with Crippen molar-refractivity contribution in [2.45, 2.75) is 13.5 Å². The predicted molar refractivity (Wildman–Crippen MR) is 118 cm³/mol. The molecule has 0 aliphatic carbocycles. The van der Waals surface area contributed by atoms with Gasteiger partial charge in [-0.2, -0.15) is 15.0 Å². The summed E-state index contributed by atoms with van der Waals surface area (Å²) in [6.45, 7) is 5.47. The second kappa shape index (κ2) is 8.81. The number of para-hydroxylation sites is 1. The molecule has 0 bridgehead atoms. The van der Waals surface area contributed by atoms with Crippen LogP contribution in [0.2, 0.25) is 5.02 Å². The number of piperazine rings is 1. The highest BCUT2D eigenvalue weighted by atomic mass is 35.5. The lowest BCUT2D eigenvalue weighted by molar-refractivity contribution is 0.243. The molecular formula is C21H23ClFN7. The third kappa shape index (κ3) is 4.60. The first-order valence-electron chi connectivity index (χ1n) is 9.74. The van der Waals surface area contributed by atoms with Gasteiger partial charge in [0.2, 0.25) is 11.9 Å². The first-order chi connectivity index (χ1) is 14.5. The van der Waals surface area contributed by atoms with Gasteiger partial charge in [0.25, 0.3) is 0 Å². The van der Waals surface area contributed by atoms with Crippen LogP contribution in [0.5, 0.6) is 0 Å². The summed E-state index contributed by atoms with van der Waals surface area (Å²) >= 11 is 6.19. The smallest absolute Gasteiger partial charge is 0.232 e. The number of nitrogens with zero attached hydrogens (tertiary/aromatic N) is 5. The van der Waals surface area contributed by atoms with Gasteiger partial charge in [-0.05, 0) is 36.8 Å². The van der Waals surface area contributed by atoms with Crippen molar-refractivity contribution < 1.29 is 4.39 Å². The summed E-state index contributed by atoms with van der Waals surface area (Å²) in [5, 5.41) is 3.83. The molecule has 1 aliphatic rings. The number of hydrogen-bond acceptors (Lipinski definition) is 7. The van der Waals surface area contributed by atoms with Crippen molar-refractivity contribution >= 4 is 34.9 Å². The molecule has 0 atom stereocenters. The number of nitrogen functional groups attached to an aromatic ring is 1. The van der Waals surface area contributed by atoms with Crippen molar-refractivity contribution in [3.8, 4) is 0 Å². The molecule has 3 aromatic rings. The molecular weight excluding hydrogens is 405 g/mol. The molecule has 1 saturated heterocycles. The summed E-state index contributed by atoms with van der Waals surface area (Å²) < 4.78 is 14.0. The van der Waals surface area contributed by atoms with Crippen molar-refractivity contribution in [3.63, 3.8) is 0 Å². The molecule has 156 valence electrons. The van der Waals surface area contributed by atoms with Crippen LogP contribution in [0.25, 0.3) is 0 Å². The maximum Gasteiger partial charge on any atom is 0.232 e. The van der Waals surface area contributed by atoms with E-state index >= 15 is 0 Å². The van der Waals surface area contributed by atoms with E-state index in [4.69, 9.17) is 17.3 Å². The van der Waals surface area contributed by atoms with Gasteiger partial charge in [0.1, 0.15) is 11.6 Å². The van der Waals surface area contributed by atoms with Crippen LogP contribution in [0.3, 0.4) is 0 Å². The fourth-order valence-corrected chi connectivity index (χ4v) is 3.66. The minimum Gasteiger partial charge on any atom is -0.368 e. The predicted octanol–water partition coefficient (Wildman–Crippen LogP) is 3.62. The number of anilines is 4. The number of halogens is 2. The molecule has 0 amide bonds. The van der Waals surface area contributed by atoms with Gasteiger partial charge in [0.15, 0.2) is 0 Å². The summed E-state index contributed by atoms with van der Waals surface area (Å²) in [6.07, 6.45) is 0. The van der Waals surface area contributed by atoms with E-state index in [1.165, 1.54) is 6.07 Å². The molecule has 3 N–H and O–H groups in total. The Kier molecular flexibility index (Phi) is 5.96.